The van der Waals surface area contributed by atoms with Crippen LogP contribution < -0.4 is 10.0 Å². The van der Waals surface area contributed by atoms with Gasteiger partial charge >= 0.3 is 0 Å². The molecule has 3 N–H and O–H groups in total. The van der Waals surface area contributed by atoms with E-state index in [1.807, 2.05) is 36.5 Å². The zero-order chi connectivity index (χ0) is 15.1. The summed E-state index contributed by atoms with van der Waals surface area (Å²) in [5, 5.41) is 3.22. The summed E-state index contributed by atoms with van der Waals surface area (Å²) in [7, 11) is -3.09. The molecule has 1 aromatic heterocycles. The fourth-order valence-corrected chi connectivity index (χ4v) is 2.41. The summed E-state index contributed by atoms with van der Waals surface area (Å²) in [6.07, 6.45) is 3.71. The molecule has 0 aliphatic rings. The van der Waals surface area contributed by atoms with Crippen LogP contribution in [0.1, 0.15) is 12.2 Å². The summed E-state index contributed by atoms with van der Waals surface area (Å²) in [6, 6.07) is 10.0. The Morgan fingerprint density at radius 3 is 2.67 bits per heavy atom. The average molecular weight is 308 g/mol. The van der Waals surface area contributed by atoms with Gasteiger partial charge in [-0.05, 0) is 18.5 Å². The van der Waals surface area contributed by atoms with Crippen LogP contribution in [-0.2, 0) is 16.6 Å². The summed E-state index contributed by atoms with van der Waals surface area (Å²) in [5.74, 6) is 0.866. The van der Waals surface area contributed by atoms with E-state index in [-0.39, 0.29) is 0 Å². The highest BCUT2D eigenvalue weighted by atomic mass is 32.2. The second kappa shape index (κ2) is 7.35. The molecule has 1 heterocycles. The maximum Gasteiger partial charge on any atom is 0.208 e. The van der Waals surface area contributed by atoms with Gasteiger partial charge in [-0.15, -0.1) is 0 Å². The van der Waals surface area contributed by atoms with E-state index < -0.39 is 10.0 Å². The molecule has 114 valence electrons. The molecule has 0 saturated carbocycles. The Bertz CT molecular complexity index is 653. The van der Waals surface area contributed by atoms with Crippen molar-refractivity contribution in [2.75, 3.05) is 19.3 Å². The minimum atomic E-state index is -3.09. The SMILES string of the molecule is CS(=O)(=O)NCCCNCc1ncc(-c2ccccc2)[nH]1. The molecule has 0 spiro atoms. The van der Waals surface area contributed by atoms with Gasteiger partial charge in [0.2, 0.25) is 10.0 Å². The van der Waals surface area contributed by atoms with E-state index in [2.05, 4.69) is 20.0 Å². The number of rotatable bonds is 8. The fourth-order valence-electron chi connectivity index (χ4n) is 1.89. The van der Waals surface area contributed by atoms with Crippen LogP contribution >= 0.6 is 0 Å². The molecule has 0 unspecified atom stereocenters. The lowest BCUT2D eigenvalue weighted by atomic mass is 10.2. The van der Waals surface area contributed by atoms with Crippen molar-refractivity contribution in [2.45, 2.75) is 13.0 Å². The lowest BCUT2D eigenvalue weighted by molar-refractivity contribution is 0.577. The molecule has 0 radical (unpaired) electrons. The van der Waals surface area contributed by atoms with E-state index >= 15 is 0 Å². The van der Waals surface area contributed by atoms with E-state index in [4.69, 9.17) is 0 Å². The summed E-state index contributed by atoms with van der Waals surface area (Å²) in [6.45, 7) is 1.80. The van der Waals surface area contributed by atoms with Crippen LogP contribution in [0, 0.1) is 0 Å². The number of hydrogen-bond donors (Lipinski definition) is 3. The molecule has 0 aliphatic carbocycles. The summed E-state index contributed by atoms with van der Waals surface area (Å²) in [4.78, 5) is 7.58. The second-order valence-corrected chi connectivity index (χ2v) is 6.64. The van der Waals surface area contributed by atoms with Gasteiger partial charge in [0.1, 0.15) is 5.82 Å². The Labute approximate surface area is 125 Å². The monoisotopic (exact) mass is 308 g/mol. The zero-order valence-corrected chi connectivity index (χ0v) is 12.8. The van der Waals surface area contributed by atoms with Crippen LogP contribution in [0.2, 0.25) is 0 Å². The van der Waals surface area contributed by atoms with E-state index in [1.54, 1.807) is 0 Å². The highest BCUT2D eigenvalue weighted by molar-refractivity contribution is 7.88. The van der Waals surface area contributed by atoms with Crippen LogP contribution in [0.4, 0.5) is 0 Å². The van der Waals surface area contributed by atoms with Gasteiger partial charge in [0.05, 0.1) is 24.7 Å². The first-order valence-electron chi connectivity index (χ1n) is 6.79. The van der Waals surface area contributed by atoms with Crippen molar-refractivity contribution in [2.24, 2.45) is 0 Å². The van der Waals surface area contributed by atoms with Crippen molar-refractivity contribution in [1.82, 2.24) is 20.0 Å². The van der Waals surface area contributed by atoms with E-state index in [0.717, 1.165) is 36.3 Å². The van der Waals surface area contributed by atoms with Gasteiger partial charge in [0.25, 0.3) is 0 Å². The molecule has 1 aromatic carbocycles. The summed E-state index contributed by atoms with van der Waals surface area (Å²) in [5.41, 5.74) is 2.10. The van der Waals surface area contributed by atoms with Crippen molar-refractivity contribution in [1.29, 1.82) is 0 Å². The first-order chi connectivity index (χ1) is 10.0. The molecule has 0 aliphatic heterocycles. The molecular formula is C14H20N4O2S. The molecule has 2 aromatic rings. The van der Waals surface area contributed by atoms with Gasteiger partial charge in [-0.2, -0.15) is 0 Å². The number of nitrogens with one attached hydrogen (secondary N) is 3. The van der Waals surface area contributed by atoms with E-state index in [9.17, 15) is 8.42 Å². The largest absolute Gasteiger partial charge is 0.341 e. The summed E-state index contributed by atoms with van der Waals surface area (Å²) < 4.78 is 24.2. The first kappa shape index (κ1) is 15.7. The molecular weight excluding hydrogens is 288 g/mol. The lowest BCUT2D eigenvalue weighted by Crippen LogP contribution is -2.26. The second-order valence-electron chi connectivity index (χ2n) is 4.81. The molecule has 0 amide bonds. The molecule has 2 rings (SSSR count). The Morgan fingerprint density at radius 2 is 1.95 bits per heavy atom. The van der Waals surface area contributed by atoms with Crippen LogP contribution in [0.3, 0.4) is 0 Å². The molecule has 0 saturated heterocycles. The maximum atomic E-state index is 10.9. The Kier molecular flexibility index (Phi) is 5.49. The third kappa shape index (κ3) is 5.66. The number of nitrogens with zero attached hydrogens (tertiary/aromatic N) is 1. The minimum absolute atomic E-state index is 0.444. The van der Waals surface area contributed by atoms with Gasteiger partial charge in [-0.1, -0.05) is 30.3 Å². The van der Waals surface area contributed by atoms with Crippen molar-refractivity contribution in [3.8, 4) is 11.3 Å². The highest BCUT2D eigenvalue weighted by Crippen LogP contribution is 2.15. The smallest absolute Gasteiger partial charge is 0.208 e. The van der Waals surface area contributed by atoms with Gasteiger partial charge in [0, 0.05) is 6.54 Å². The Morgan fingerprint density at radius 1 is 1.19 bits per heavy atom. The fraction of sp³-hybridized carbons (Fsp3) is 0.357. The zero-order valence-electron chi connectivity index (χ0n) is 12.0. The minimum Gasteiger partial charge on any atom is -0.341 e. The number of imidazole rings is 1. The Hall–Kier alpha value is -1.70. The van der Waals surface area contributed by atoms with Gasteiger partial charge in [-0.25, -0.2) is 18.1 Å². The predicted octanol–water partition coefficient (Wildman–Crippen LogP) is 1.11. The maximum absolute atomic E-state index is 10.9. The highest BCUT2D eigenvalue weighted by Gasteiger charge is 2.02. The van der Waals surface area contributed by atoms with Gasteiger partial charge < -0.3 is 10.3 Å². The van der Waals surface area contributed by atoms with E-state index in [0.29, 0.717) is 13.1 Å². The number of hydrogen-bond acceptors (Lipinski definition) is 4. The van der Waals surface area contributed by atoms with Crippen molar-refractivity contribution >= 4 is 10.0 Å². The van der Waals surface area contributed by atoms with Crippen molar-refractivity contribution < 1.29 is 8.42 Å². The van der Waals surface area contributed by atoms with Crippen LogP contribution in [-0.4, -0.2) is 37.7 Å². The molecule has 21 heavy (non-hydrogen) atoms. The van der Waals surface area contributed by atoms with Crippen LogP contribution in [0.15, 0.2) is 36.5 Å². The standard InChI is InChI=1S/C14H20N4O2S/c1-21(19,20)17-9-5-8-15-11-14-16-10-13(18-14)12-6-3-2-4-7-12/h2-4,6-7,10,15,17H,5,8-9,11H2,1H3,(H,16,18). The number of sulfonamides is 1. The normalized spacial score (nSPS) is 11.7. The van der Waals surface area contributed by atoms with Gasteiger partial charge in [0.15, 0.2) is 0 Å². The van der Waals surface area contributed by atoms with Crippen molar-refractivity contribution in [3.63, 3.8) is 0 Å². The predicted molar refractivity (Wildman–Crippen MR) is 83.2 cm³/mol. The number of aromatic nitrogens is 2. The lowest BCUT2D eigenvalue weighted by Gasteiger charge is -2.03. The van der Waals surface area contributed by atoms with Crippen LogP contribution in [0.25, 0.3) is 11.3 Å². The molecule has 6 nitrogen and oxygen atoms in total. The molecule has 7 heteroatoms. The van der Waals surface area contributed by atoms with E-state index in [1.165, 1.54) is 0 Å². The third-order valence-corrected chi connectivity index (χ3v) is 3.63. The molecule has 0 bridgehead atoms. The number of H-pyrrole nitrogens is 1. The number of aromatic amines is 1. The van der Waals surface area contributed by atoms with Crippen molar-refractivity contribution in [3.05, 3.63) is 42.4 Å². The average Bonchev–Trinajstić information content (AvgIpc) is 2.91. The third-order valence-electron chi connectivity index (χ3n) is 2.90. The quantitative estimate of drug-likeness (QED) is 0.638. The number of benzene rings is 1. The summed E-state index contributed by atoms with van der Waals surface area (Å²) >= 11 is 0. The van der Waals surface area contributed by atoms with Gasteiger partial charge in [-0.3, -0.25) is 0 Å². The Balaban J connectivity index is 1.72. The molecule has 0 atom stereocenters. The van der Waals surface area contributed by atoms with Crippen LogP contribution in [0.5, 0.6) is 0 Å². The first-order valence-corrected chi connectivity index (χ1v) is 8.68. The molecule has 0 fully saturated rings. The topological polar surface area (TPSA) is 86.9 Å².